The van der Waals surface area contributed by atoms with Crippen LogP contribution < -0.4 is 0 Å². The Morgan fingerprint density at radius 2 is 1.70 bits per heavy atom. The molecule has 0 heterocycles. The molecular weight excluding hydrogens is 404 g/mol. The number of Topliss-reactive ketones (excluding diaryl/α,β-unsaturated/α-hetero) is 1. The standard InChI is InChI=1S/C23H29BrO3/c1-21(2,24)20(26)17-4-6-18(7-5-17)23-11-15-8-16(12-23)10-22(9-15,14-23)13-19(25)27-3/h4-7,15-16H,8-14H2,1-3H3. The van der Waals surface area contributed by atoms with Crippen LogP contribution in [0.15, 0.2) is 24.3 Å². The number of alkyl halides is 1. The molecule has 4 fully saturated rings. The summed E-state index contributed by atoms with van der Waals surface area (Å²) < 4.78 is 4.48. The van der Waals surface area contributed by atoms with Gasteiger partial charge in [0.1, 0.15) is 0 Å². The van der Waals surface area contributed by atoms with Gasteiger partial charge >= 0.3 is 5.97 Å². The van der Waals surface area contributed by atoms with Crippen LogP contribution in [0.25, 0.3) is 0 Å². The SMILES string of the molecule is COC(=O)CC12CC3CC(C1)CC(c1ccc(C(=O)C(C)(C)Br)cc1)(C3)C2. The summed E-state index contributed by atoms with van der Waals surface area (Å²) in [4.78, 5) is 24.6. The lowest BCUT2D eigenvalue weighted by Gasteiger charge is -2.62. The van der Waals surface area contributed by atoms with Crippen molar-refractivity contribution < 1.29 is 14.3 Å². The van der Waals surface area contributed by atoms with Gasteiger partial charge in [-0.2, -0.15) is 0 Å². The van der Waals surface area contributed by atoms with Crippen molar-refractivity contribution in [3.05, 3.63) is 35.4 Å². The molecule has 4 aliphatic carbocycles. The number of carbonyl (C=O) groups is 2. The second-order valence-electron chi connectivity index (χ2n) is 9.87. The lowest BCUT2D eigenvalue weighted by Crippen LogP contribution is -2.54. The molecule has 27 heavy (non-hydrogen) atoms. The van der Waals surface area contributed by atoms with Crippen LogP contribution in [-0.4, -0.2) is 23.2 Å². The molecule has 1 aromatic rings. The highest BCUT2D eigenvalue weighted by Gasteiger charge is 2.58. The Morgan fingerprint density at radius 3 is 2.22 bits per heavy atom. The van der Waals surface area contributed by atoms with Crippen molar-refractivity contribution in [3.63, 3.8) is 0 Å². The molecule has 0 aliphatic heterocycles. The van der Waals surface area contributed by atoms with Crippen molar-refractivity contribution in [2.75, 3.05) is 7.11 Å². The fraction of sp³-hybridized carbons (Fsp3) is 0.652. The van der Waals surface area contributed by atoms with Crippen molar-refractivity contribution in [2.45, 2.75) is 68.5 Å². The third kappa shape index (κ3) is 3.39. The highest BCUT2D eigenvalue weighted by Crippen LogP contribution is 2.66. The van der Waals surface area contributed by atoms with Crippen LogP contribution in [0, 0.1) is 17.3 Å². The third-order valence-electron chi connectivity index (χ3n) is 7.23. The van der Waals surface area contributed by atoms with Crippen LogP contribution in [0.5, 0.6) is 0 Å². The Balaban J connectivity index is 1.63. The zero-order valence-electron chi connectivity index (χ0n) is 16.5. The molecule has 0 amide bonds. The lowest BCUT2D eigenvalue weighted by atomic mass is 9.42. The second kappa shape index (κ2) is 6.43. The maximum absolute atomic E-state index is 12.5. The Labute approximate surface area is 170 Å². The van der Waals surface area contributed by atoms with Gasteiger partial charge in [-0.3, -0.25) is 9.59 Å². The number of esters is 1. The van der Waals surface area contributed by atoms with Crippen LogP contribution in [0.3, 0.4) is 0 Å². The van der Waals surface area contributed by atoms with Crippen molar-refractivity contribution >= 4 is 27.7 Å². The van der Waals surface area contributed by atoms with Gasteiger partial charge in [0, 0.05) is 5.56 Å². The first-order valence-corrected chi connectivity index (χ1v) is 10.9. The molecule has 2 unspecified atom stereocenters. The van der Waals surface area contributed by atoms with E-state index in [1.165, 1.54) is 44.8 Å². The number of ketones is 1. The first-order valence-electron chi connectivity index (χ1n) is 10.1. The van der Waals surface area contributed by atoms with E-state index in [9.17, 15) is 9.59 Å². The number of hydrogen-bond acceptors (Lipinski definition) is 3. The summed E-state index contributed by atoms with van der Waals surface area (Å²) in [5.41, 5.74) is 2.40. The number of hydrogen-bond donors (Lipinski definition) is 0. The molecule has 0 aromatic heterocycles. The molecule has 4 saturated carbocycles. The molecule has 0 N–H and O–H groups in total. The van der Waals surface area contributed by atoms with E-state index in [1.807, 2.05) is 26.0 Å². The minimum atomic E-state index is -0.542. The fourth-order valence-corrected chi connectivity index (χ4v) is 6.92. The smallest absolute Gasteiger partial charge is 0.306 e. The van der Waals surface area contributed by atoms with Gasteiger partial charge in [-0.1, -0.05) is 40.2 Å². The van der Waals surface area contributed by atoms with Gasteiger partial charge in [-0.15, -0.1) is 0 Å². The molecule has 0 saturated heterocycles. The van der Waals surface area contributed by atoms with Gasteiger partial charge in [-0.25, -0.2) is 0 Å². The normalized spacial score (nSPS) is 34.5. The quantitative estimate of drug-likeness (QED) is 0.353. The van der Waals surface area contributed by atoms with Crippen molar-refractivity contribution in [1.82, 2.24) is 0 Å². The molecule has 0 radical (unpaired) electrons. The number of benzene rings is 1. The predicted octanol–water partition coefficient (Wildman–Crippen LogP) is 5.44. The average Bonchev–Trinajstić information content (AvgIpc) is 2.58. The third-order valence-corrected chi connectivity index (χ3v) is 7.59. The zero-order chi connectivity index (χ0) is 19.4. The largest absolute Gasteiger partial charge is 0.469 e. The minimum absolute atomic E-state index is 0.0624. The summed E-state index contributed by atoms with van der Waals surface area (Å²) >= 11 is 3.47. The van der Waals surface area contributed by atoms with Crippen LogP contribution in [0.1, 0.15) is 74.7 Å². The summed E-state index contributed by atoms with van der Waals surface area (Å²) in [5.74, 6) is 1.49. The Bertz CT molecular complexity index is 745. The Hall–Kier alpha value is -1.16. The molecular formula is C23H29BrO3. The highest BCUT2D eigenvalue weighted by molar-refractivity contribution is 9.10. The number of rotatable bonds is 5. The highest BCUT2D eigenvalue weighted by atomic mass is 79.9. The van der Waals surface area contributed by atoms with Crippen molar-refractivity contribution in [1.29, 1.82) is 0 Å². The van der Waals surface area contributed by atoms with E-state index in [0.717, 1.165) is 23.8 Å². The number of methoxy groups -OCH3 is 1. The second-order valence-corrected chi connectivity index (χ2v) is 11.9. The first kappa shape index (κ1) is 19.2. The summed E-state index contributed by atoms with van der Waals surface area (Å²) in [6, 6.07) is 8.33. The monoisotopic (exact) mass is 432 g/mol. The van der Waals surface area contributed by atoms with E-state index in [2.05, 4.69) is 28.1 Å². The van der Waals surface area contributed by atoms with E-state index in [-0.39, 0.29) is 22.6 Å². The summed E-state index contributed by atoms with van der Waals surface area (Å²) in [7, 11) is 1.50. The molecule has 0 spiro atoms. The number of carbonyl (C=O) groups excluding carboxylic acids is 2. The van der Waals surface area contributed by atoms with Gasteiger partial charge in [0.2, 0.25) is 0 Å². The molecule has 146 valence electrons. The number of ether oxygens (including phenoxy) is 1. The Kier molecular flexibility index (Phi) is 4.57. The molecule has 2 atom stereocenters. The van der Waals surface area contributed by atoms with Crippen molar-refractivity contribution in [2.24, 2.45) is 17.3 Å². The summed E-state index contributed by atoms with van der Waals surface area (Å²) in [5, 5.41) is 0. The van der Waals surface area contributed by atoms with E-state index in [4.69, 9.17) is 4.74 Å². The minimum Gasteiger partial charge on any atom is -0.469 e. The van der Waals surface area contributed by atoms with E-state index < -0.39 is 4.32 Å². The van der Waals surface area contributed by atoms with Gasteiger partial charge in [0.15, 0.2) is 5.78 Å². The molecule has 4 bridgehead atoms. The van der Waals surface area contributed by atoms with E-state index in [0.29, 0.717) is 6.42 Å². The van der Waals surface area contributed by atoms with E-state index >= 15 is 0 Å². The Morgan fingerprint density at radius 1 is 1.11 bits per heavy atom. The van der Waals surface area contributed by atoms with Gasteiger partial charge < -0.3 is 4.74 Å². The zero-order valence-corrected chi connectivity index (χ0v) is 18.1. The van der Waals surface area contributed by atoms with Crippen LogP contribution in [-0.2, 0) is 14.9 Å². The van der Waals surface area contributed by atoms with Gasteiger partial charge in [0.25, 0.3) is 0 Å². The predicted molar refractivity (Wildman–Crippen MR) is 109 cm³/mol. The van der Waals surface area contributed by atoms with Crippen LogP contribution in [0.2, 0.25) is 0 Å². The maximum atomic E-state index is 12.5. The van der Waals surface area contributed by atoms with Gasteiger partial charge in [0.05, 0.1) is 17.9 Å². The van der Waals surface area contributed by atoms with Crippen LogP contribution >= 0.6 is 15.9 Å². The average molecular weight is 433 g/mol. The summed E-state index contributed by atoms with van der Waals surface area (Å²) in [6.45, 7) is 3.78. The molecule has 4 heteroatoms. The van der Waals surface area contributed by atoms with Crippen LogP contribution in [0.4, 0.5) is 0 Å². The fourth-order valence-electron chi connectivity index (χ4n) is 6.69. The van der Waals surface area contributed by atoms with Crippen molar-refractivity contribution in [3.8, 4) is 0 Å². The number of halogens is 1. The van der Waals surface area contributed by atoms with Gasteiger partial charge in [-0.05, 0) is 80.6 Å². The topological polar surface area (TPSA) is 43.4 Å². The first-order chi connectivity index (χ1) is 12.6. The molecule has 4 aliphatic rings. The molecule has 5 rings (SSSR count). The molecule has 1 aromatic carbocycles. The van der Waals surface area contributed by atoms with E-state index in [1.54, 1.807) is 0 Å². The lowest BCUT2D eigenvalue weighted by molar-refractivity contribution is -0.150. The molecule has 3 nitrogen and oxygen atoms in total. The summed E-state index contributed by atoms with van der Waals surface area (Å²) in [6.07, 6.45) is 7.77. The maximum Gasteiger partial charge on any atom is 0.306 e.